The molecule has 0 saturated carbocycles. The van der Waals surface area contributed by atoms with Crippen molar-refractivity contribution in [1.29, 1.82) is 0 Å². The predicted octanol–water partition coefficient (Wildman–Crippen LogP) is 3.26. The number of nitrogens with one attached hydrogen (secondary N) is 1. The molecule has 1 N–H and O–H groups in total. The summed E-state index contributed by atoms with van der Waals surface area (Å²) in [5.74, 6) is -0.0442. The van der Waals surface area contributed by atoms with Gasteiger partial charge in [0.2, 0.25) is 0 Å². The average molecular weight is 335 g/mol. The second-order valence-corrected chi connectivity index (χ2v) is 6.66. The summed E-state index contributed by atoms with van der Waals surface area (Å²) in [6.45, 7) is 4.17. The summed E-state index contributed by atoms with van der Waals surface area (Å²) in [4.78, 5) is 24.1. The lowest BCUT2D eigenvalue weighted by Crippen LogP contribution is -2.45. The summed E-state index contributed by atoms with van der Waals surface area (Å²) < 4.78 is 10.8. The standard InChI is InChI=1S/C19H29NO4/c1-4-8-17-15(13(2)21)11-16(19(22)23-3)18(20-17)24-12-14-9-6-5-7-10-14/h9,15,17,20H,4-8,10-12H2,1-3H3/t15-,17+/m1/s1. The minimum absolute atomic E-state index is 0.0104. The van der Waals surface area contributed by atoms with Crippen LogP contribution in [0.5, 0.6) is 0 Å². The molecule has 5 nitrogen and oxygen atoms in total. The lowest BCUT2D eigenvalue weighted by molar-refractivity contribution is -0.137. The largest absolute Gasteiger partial charge is 0.474 e. The van der Waals surface area contributed by atoms with Gasteiger partial charge in [0, 0.05) is 12.0 Å². The normalized spacial score (nSPS) is 24.0. The molecule has 24 heavy (non-hydrogen) atoms. The van der Waals surface area contributed by atoms with Crippen molar-refractivity contribution in [2.75, 3.05) is 13.7 Å². The topological polar surface area (TPSA) is 64.6 Å². The number of allylic oxidation sites excluding steroid dienone is 1. The molecule has 0 aromatic rings. The Labute approximate surface area is 144 Å². The number of rotatable bonds is 7. The van der Waals surface area contributed by atoms with E-state index in [0.29, 0.717) is 24.5 Å². The van der Waals surface area contributed by atoms with Gasteiger partial charge in [0.25, 0.3) is 0 Å². The molecule has 0 unspecified atom stereocenters. The molecule has 0 radical (unpaired) electrons. The van der Waals surface area contributed by atoms with Crippen LogP contribution in [-0.4, -0.2) is 31.5 Å². The number of hydrogen-bond acceptors (Lipinski definition) is 5. The molecule has 5 heteroatoms. The van der Waals surface area contributed by atoms with Gasteiger partial charge in [-0.25, -0.2) is 4.79 Å². The van der Waals surface area contributed by atoms with Crippen LogP contribution in [0.15, 0.2) is 23.1 Å². The number of carbonyl (C=O) groups is 2. The van der Waals surface area contributed by atoms with E-state index in [-0.39, 0.29) is 17.7 Å². The predicted molar refractivity (Wildman–Crippen MR) is 92.2 cm³/mol. The molecule has 1 aliphatic heterocycles. The molecule has 2 aliphatic rings. The highest BCUT2D eigenvalue weighted by Crippen LogP contribution is 2.29. The third kappa shape index (κ3) is 4.62. The third-order valence-corrected chi connectivity index (χ3v) is 4.84. The second-order valence-electron chi connectivity index (χ2n) is 6.66. The summed E-state index contributed by atoms with van der Waals surface area (Å²) in [6, 6.07) is 0.0104. The first-order valence-corrected chi connectivity index (χ1v) is 8.96. The van der Waals surface area contributed by atoms with Crippen molar-refractivity contribution in [2.24, 2.45) is 5.92 Å². The number of ketones is 1. The van der Waals surface area contributed by atoms with E-state index >= 15 is 0 Å². The van der Waals surface area contributed by atoms with Crippen molar-refractivity contribution in [1.82, 2.24) is 5.32 Å². The van der Waals surface area contributed by atoms with Crippen LogP contribution in [0.1, 0.15) is 58.8 Å². The maximum atomic E-state index is 12.1. The Morgan fingerprint density at radius 2 is 2.12 bits per heavy atom. The number of Topliss-reactive ketones (excluding diaryl/α,β-unsaturated/α-hetero) is 1. The molecule has 0 fully saturated rings. The van der Waals surface area contributed by atoms with E-state index in [1.54, 1.807) is 6.92 Å². The van der Waals surface area contributed by atoms with Gasteiger partial charge in [-0.15, -0.1) is 0 Å². The van der Waals surface area contributed by atoms with Gasteiger partial charge in [-0.2, -0.15) is 0 Å². The summed E-state index contributed by atoms with van der Waals surface area (Å²) in [6.07, 6.45) is 9.02. The Bertz CT molecular complexity index is 535. The summed E-state index contributed by atoms with van der Waals surface area (Å²) >= 11 is 0. The van der Waals surface area contributed by atoms with Crippen LogP contribution in [0.4, 0.5) is 0 Å². The summed E-state index contributed by atoms with van der Waals surface area (Å²) in [5.41, 5.74) is 1.72. The van der Waals surface area contributed by atoms with E-state index in [4.69, 9.17) is 9.47 Å². The van der Waals surface area contributed by atoms with E-state index in [2.05, 4.69) is 18.3 Å². The van der Waals surface area contributed by atoms with Crippen LogP contribution < -0.4 is 5.32 Å². The smallest absolute Gasteiger partial charge is 0.339 e. The molecule has 1 aliphatic carbocycles. The van der Waals surface area contributed by atoms with Crippen molar-refractivity contribution in [3.05, 3.63) is 23.1 Å². The third-order valence-electron chi connectivity index (χ3n) is 4.84. The highest BCUT2D eigenvalue weighted by molar-refractivity contribution is 5.91. The first kappa shape index (κ1) is 18.6. The molecule has 2 rings (SSSR count). The van der Waals surface area contributed by atoms with Crippen LogP contribution >= 0.6 is 0 Å². The number of carbonyl (C=O) groups excluding carboxylic acids is 2. The average Bonchev–Trinajstić information content (AvgIpc) is 2.60. The minimum atomic E-state index is -0.420. The van der Waals surface area contributed by atoms with Gasteiger partial charge in [0.05, 0.1) is 12.7 Å². The van der Waals surface area contributed by atoms with Crippen molar-refractivity contribution >= 4 is 11.8 Å². The SMILES string of the molecule is CCC[C@@H]1NC(OCC2=CCCCC2)=C(C(=O)OC)C[C@@H]1C(C)=O. The van der Waals surface area contributed by atoms with E-state index in [1.807, 2.05) is 0 Å². The molecule has 2 atom stereocenters. The van der Waals surface area contributed by atoms with Gasteiger partial charge >= 0.3 is 5.97 Å². The number of hydrogen-bond donors (Lipinski definition) is 1. The maximum absolute atomic E-state index is 12.1. The van der Waals surface area contributed by atoms with Crippen molar-refractivity contribution in [2.45, 2.75) is 64.8 Å². The number of esters is 1. The number of ether oxygens (including phenoxy) is 2. The molecule has 1 heterocycles. The van der Waals surface area contributed by atoms with Crippen molar-refractivity contribution in [3.63, 3.8) is 0 Å². The van der Waals surface area contributed by atoms with E-state index in [1.165, 1.54) is 25.5 Å². The van der Waals surface area contributed by atoms with Gasteiger partial charge in [0.15, 0.2) is 5.88 Å². The first-order valence-electron chi connectivity index (χ1n) is 8.96. The van der Waals surface area contributed by atoms with Crippen LogP contribution in [0, 0.1) is 5.92 Å². The van der Waals surface area contributed by atoms with E-state index < -0.39 is 5.97 Å². The molecule has 0 aromatic carbocycles. The fourth-order valence-electron chi connectivity index (χ4n) is 3.45. The fourth-order valence-corrected chi connectivity index (χ4v) is 3.45. The molecular weight excluding hydrogens is 306 g/mol. The van der Waals surface area contributed by atoms with Gasteiger partial charge in [-0.1, -0.05) is 19.4 Å². The Balaban J connectivity index is 2.18. The minimum Gasteiger partial charge on any atom is -0.474 e. The zero-order chi connectivity index (χ0) is 17.5. The first-order chi connectivity index (χ1) is 11.6. The number of methoxy groups -OCH3 is 1. The zero-order valence-corrected chi connectivity index (χ0v) is 15.0. The highest BCUT2D eigenvalue weighted by atomic mass is 16.5. The van der Waals surface area contributed by atoms with Crippen LogP contribution in [-0.2, 0) is 19.1 Å². The van der Waals surface area contributed by atoms with Crippen molar-refractivity contribution in [3.8, 4) is 0 Å². The van der Waals surface area contributed by atoms with Crippen LogP contribution in [0.2, 0.25) is 0 Å². The molecule has 0 bridgehead atoms. The maximum Gasteiger partial charge on any atom is 0.339 e. The van der Waals surface area contributed by atoms with E-state index in [0.717, 1.165) is 25.7 Å². The Hall–Kier alpha value is -1.78. The lowest BCUT2D eigenvalue weighted by atomic mass is 9.84. The Morgan fingerprint density at radius 3 is 2.71 bits per heavy atom. The monoisotopic (exact) mass is 335 g/mol. The van der Waals surface area contributed by atoms with Gasteiger partial charge in [0.1, 0.15) is 12.4 Å². The molecule has 0 aromatic heterocycles. The zero-order valence-electron chi connectivity index (χ0n) is 15.0. The second kappa shape index (κ2) is 8.90. The fraction of sp³-hybridized carbons (Fsp3) is 0.684. The van der Waals surface area contributed by atoms with Gasteiger partial charge < -0.3 is 14.8 Å². The molecule has 0 spiro atoms. The summed E-state index contributed by atoms with van der Waals surface area (Å²) in [7, 11) is 1.36. The Morgan fingerprint density at radius 1 is 1.33 bits per heavy atom. The highest BCUT2D eigenvalue weighted by Gasteiger charge is 2.36. The van der Waals surface area contributed by atoms with Crippen LogP contribution in [0.3, 0.4) is 0 Å². The van der Waals surface area contributed by atoms with Gasteiger partial charge in [-0.05, 0) is 51.0 Å². The Kier molecular flexibility index (Phi) is 6.88. The quantitative estimate of drug-likeness (QED) is 0.571. The van der Waals surface area contributed by atoms with E-state index in [9.17, 15) is 9.59 Å². The molecule has 134 valence electrons. The van der Waals surface area contributed by atoms with Crippen molar-refractivity contribution < 1.29 is 19.1 Å². The molecule has 0 amide bonds. The molecule has 0 saturated heterocycles. The van der Waals surface area contributed by atoms with Crippen LogP contribution in [0.25, 0.3) is 0 Å². The summed E-state index contributed by atoms with van der Waals surface area (Å²) in [5, 5.41) is 3.30. The molecular formula is C19H29NO4. The van der Waals surface area contributed by atoms with Gasteiger partial charge in [-0.3, -0.25) is 4.79 Å². The lowest BCUT2D eigenvalue weighted by Gasteiger charge is -2.34.